The Morgan fingerprint density at radius 3 is 2.85 bits per heavy atom. The van der Waals surface area contributed by atoms with Gasteiger partial charge in [0.2, 0.25) is 5.91 Å². The topological polar surface area (TPSA) is 67.2 Å². The number of rotatable bonds is 10. The Labute approximate surface area is 160 Å². The third-order valence-electron chi connectivity index (χ3n) is 4.58. The summed E-state index contributed by atoms with van der Waals surface area (Å²) in [5.41, 5.74) is 3.16. The highest BCUT2D eigenvalue weighted by Crippen LogP contribution is 2.27. The number of hydrogen-bond acceptors (Lipinski definition) is 4. The second-order valence-corrected chi connectivity index (χ2v) is 6.67. The van der Waals surface area contributed by atoms with Gasteiger partial charge in [-0.15, -0.1) is 0 Å². The molecule has 2 aromatic heterocycles. The average Bonchev–Trinajstić information content (AvgIpc) is 3.06. The predicted molar refractivity (Wildman–Crippen MR) is 107 cm³/mol. The van der Waals surface area contributed by atoms with E-state index >= 15 is 0 Å². The number of aryl methyl sites for hydroxylation is 1. The Bertz CT molecular complexity index is 858. The number of nitrogens with zero attached hydrogens (tertiary/aromatic N) is 1. The molecular weight excluding hydrogens is 338 g/mol. The summed E-state index contributed by atoms with van der Waals surface area (Å²) in [6, 6.07) is 12.0. The number of fused-ring (bicyclic) bond motifs is 1. The zero-order valence-electron chi connectivity index (χ0n) is 15.8. The van der Waals surface area contributed by atoms with Gasteiger partial charge in [-0.05, 0) is 24.1 Å². The zero-order chi connectivity index (χ0) is 18.9. The number of para-hydroxylation sites is 1. The van der Waals surface area contributed by atoms with Gasteiger partial charge in [-0.1, -0.05) is 37.6 Å². The van der Waals surface area contributed by atoms with E-state index in [1.54, 1.807) is 12.4 Å². The number of unbranched alkanes of at least 4 members (excludes halogenated alkanes) is 1. The molecule has 1 aromatic carbocycles. The molecule has 1 amide bonds. The molecule has 2 N–H and O–H groups in total. The van der Waals surface area contributed by atoms with Crippen LogP contribution in [0, 0.1) is 0 Å². The maximum Gasteiger partial charge on any atom is 0.221 e. The van der Waals surface area contributed by atoms with Gasteiger partial charge in [0, 0.05) is 55.8 Å². The van der Waals surface area contributed by atoms with E-state index in [1.165, 1.54) is 5.56 Å². The van der Waals surface area contributed by atoms with E-state index in [1.807, 2.05) is 30.3 Å². The van der Waals surface area contributed by atoms with Gasteiger partial charge in [-0.3, -0.25) is 9.78 Å². The van der Waals surface area contributed by atoms with E-state index in [-0.39, 0.29) is 5.91 Å². The second kappa shape index (κ2) is 9.88. The fourth-order valence-corrected chi connectivity index (χ4v) is 3.09. The van der Waals surface area contributed by atoms with Gasteiger partial charge in [0.25, 0.3) is 0 Å². The van der Waals surface area contributed by atoms with Crippen molar-refractivity contribution in [2.75, 3.05) is 6.54 Å². The van der Waals surface area contributed by atoms with Crippen molar-refractivity contribution >= 4 is 16.9 Å². The minimum atomic E-state index is 0.0367. The van der Waals surface area contributed by atoms with E-state index in [4.69, 9.17) is 4.42 Å². The summed E-state index contributed by atoms with van der Waals surface area (Å²) in [6.07, 6.45) is 7.14. The van der Waals surface area contributed by atoms with Crippen LogP contribution < -0.4 is 10.6 Å². The van der Waals surface area contributed by atoms with Crippen molar-refractivity contribution in [3.63, 3.8) is 0 Å². The molecule has 0 saturated carbocycles. The van der Waals surface area contributed by atoms with E-state index in [0.717, 1.165) is 41.6 Å². The maximum absolute atomic E-state index is 12.0. The Morgan fingerprint density at radius 2 is 2.04 bits per heavy atom. The summed E-state index contributed by atoms with van der Waals surface area (Å²) >= 11 is 0. The van der Waals surface area contributed by atoms with E-state index in [0.29, 0.717) is 26.1 Å². The Morgan fingerprint density at radius 1 is 1.15 bits per heavy atom. The van der Waals surface area contributed by atoms with Crippen molar-refractivity contribution in [3.8, 4) is 0 Å². The normalized spacial score (nSPS) is 11.0. The summed E-state index contributed by atoms with van der Waals surface area (Å²) in [6.45, 7) is 4.04. The van der Waals surface area contributed by atoms with Crippen LogP contribution in [0.3, 0.4) is 0 Å². The molecule has 0 bridgehead atoms. The molecule has 3 rings (SSSR count). The highest BCUT2D eigenvalue weighted by molar-refractivity contribution is 5.82. The lowest BCUT2D eigenvalue weighted by Gasteiger charge is -2.07. The van der Waals surface area contributed by atoms with Crippen molar-refractivity contribution < 1.29 is 9.21 Å². The highest BCUT2D eigenvalue weighted by Gasteiger charge is 2.13. The van der Waals surface area contributed by atoms with Crippen molar-refractivity contribution in [2.24, 2.45) is 0 Å². The molecule has 0 spiro atoms. The molecule has 0 unspecified atom stereocenters. The first-order valence-corrected chi connectivity index (χ1v) is 9.63. The fourth-order valence-electron chi connectivity index (χ4n) is 3.09. The fraction of sp³-hybridized carbons (Fsp3) is 0.364. The highest BCUT2D eigenvalue weighted by atomic mass is 16.3. The Hall–Kier alpha value is -2.66. The largest absolute Gasteiger partial charge is 0.461 e. The minimum absolute atomic E-state index is 0.0367. The first-order valence-electron chi connectivity index (χ1n) is 9.63. The number of nitrogens with one attached hydrogen (secondary N) is 2. The number of carbonyl (C=O) groups excluding carboxylic acids is 1. The van der Waals surface area contributed by atoms with Gasteiger partial charge in [0.05, 0.1) is 0 Å². The van der Waals surface area contributed by atoms with Crippen LogP contribution in [0.25, 0.3) is 11.0 Å². The van der Waals surface area contributed by atoms with Crippen LogP contribution in [-0.4, -0.2) is 17.4 Å². The molecule has 0 atom stereocenters. The number of pyridine rings is 1. The van der Waals surface area contributed by atoms with Crippen molar-refractivity contribution in [1.82, 2.24) is 15.6 Å². The summed E-state index contributed by atoms with van der Waals surface area (Å²) in [7, 11) is 0. The average molecular weight is 365 g/mol. The molecular formula is C22H27N3O2. The number of carbonyl (C=O) groups is 1. The quantitative estimate of drug-likeness (QED) is 0.534. The molecule has 0 aliphatic carbocycles. The summed E-state index contributed by atoms with van der Waals surface area (Å²) < 4.78 is 6.04. The van der Waals surface area contributed by atoms with Crippen molar-refractivity contribution in [1.29, 1.82) is 0 Å². The number of hydrogen-bond donors (Lipinski definition) is 2. The number of benzene rings is 1. The molecule has 142 valence electrons. The number of amides is 1. The van der Waals surface area contributed by atoms with Crippen LogP contribution in [0.15, 0.2) is 53.2 Å². The van der Waals surface area contributed by atoms with E-state index < -0.39 is 0 Å². The predicted octanol–water partition coefficient (Wildman–Crippen LogP) is 3.97. The summed E-state index contributed by atoms with van der Waals surface area (Å²) in [5.74, 6) is 1.10. The lowest BCUT2D eigenvalue weighted by Crippen LogP contribution is -2.27. The number of aromatic nitrogens is 1. The van der Waals surface area contributed by atoms with Crippen molar-refractivity contribution in [2.45, 2.75) is 45.7 Å². The summed E-state index contributed by atoms with van der Waals surface area (Å²) in [4.78, 5) is 16.1. The van der Waals surface area contributed by atoms with Gasteiger partial charge in [-0.25, -0.2) is 0 Å². The summed E-state index contributed by atoms with van der Waals surface area (Å²) in [5, 5.41) is 7.48. The smallest absolute Gasteiger partial charge is 0.221 e. The van der Waals surface area contributed by atoms with Crippen molar-refractivity contribution in [3.05, 3.63) is 65.7 Å². The van der Waals surface area contributed by atoms with Crippen LogP contribution >= 0.6 is 0 Å². The molecule has 5 nitrogen and oxygen atoms in total. The Kier molecular flexibility index (Phi) is 6.99. The standard InChI is InChI=1S/C22H27N3O2/c1-2-3-9-21-19(18-8-4-5-10-20(18)27-21)16-24-13-11-22(26)25-15-17-7-6-12-23-14-17/h4-8,10,12,14,24H,2-3,9,11,13,15-16H2,1H3,(H,25,26). The molecule has 0 fully saturated rings. The van der Waals surface area contributed by atoms with Gasteiger partial charge >= 0.3 is 0 Å². The molecule has 5 heteroatoms. The zero-order valence-corrected chi connectivity index (χ0v) is 15.8. The number of furan rings is 1. The van der Waals surface area contributed by atoms with E-state index in [9.17, 15) is 4.79 Å². The second-order valence-electron chi connectivity index (χ2n) is 6.67. The Balaban J connectivity index is 1.49. The van der Waals surface area contributed by atoms with Gasteiger partial charge < -0.3 is 15.1 Å². The van der Waals surface area contributed by atoms with Crippen LogP contribution in [-0.2, 0) is 24.3 Å². The van der Waals surface area contributed by atoms with Gasteiger partial charge in [-0.2, -0.15) is 0 Å². The third-order valence-corrected chi connectivity index (χ3v) is 4.58. The SMILES string of the molecule is CCCCc1oc2ccccc2c1CNCCC(=O)NCc1cccnc1. The molecule has 0 radical (unpaired) electrons. The minimum Gasteiger partial charge on any atom is -0.461 e. The lowest BCUT2D eigenvalue weighted by atomic mass is 10.1. The van der Waals surface area contributed by atoms with Crippen LogP contribution in [0.5, 0.6) is 0 Å². The first kappa shape index (κ1) is 19.1. The molecule has 0 saturated heterocycles. The lowest BCUT2D eigenvalue weighted by molar-refractivity contribution is -0.121. The molecule has 0 aliphatic heterocycles. The molecule has 2 heterocycles. The van der Waals surface area contributed by atoms with Crippen LogP contribution in [0.1, 0.15) is 43.1 Å². The van der Waals surface area contributed by atoms with Gasteiger partial charge in [0.1, 0.15) is 11.3 Å². The molecule has 0 aliphatic rings. The molecule has 27 heavy (non-hydrogen) atoms. The third kappa shape index (κ3) is 5.41. The first-order chi connectivity index (χ1) is 13.3. The molecule has 3 aromatic rings. The monoisotopic (exact) mass is 365 g/mol. The van der Waals surface area contributed by atoms with Gasteiger partial charge in [0.15, 0.2) is 0 Å². The maximum atomic E-state index is 12.0. The van der Waals surface area contributed by atoms with E-state index in [2.05, 4.69) is 28.6 Å². The van der Waals surface area contributed by atoms with Crippen LogP contribution in [0.2, 0.25) is 0 Å². The van der Waals surface area contributed by atoms with Crippen LogP contribution in [0.4, 0.5) is 0 Å².